The highest BCUT2D eigenvalue weighted by atomic mass is 16.1. The topological polar surface area (TPSA) is 88.5 Å². The van der Waals surface area contributed by atoms with Gasteiger partial charge in [-0.1, -0.05) is 17.3 Å². The van der Waals surface area contributed by atoms with Gasteiger partial charge in [-0.05, 0) is 30.7 Å². The van der Waals surface area contributed by atoms with Crippen LogP contribution in [0, 0.1) is 18.3 Å². The Morgan fingerprint density at radius 1 is 1.29 bits per heavy atom. The van der Waals surface area contributed by atoms with Gasteiger partial charge in [0.25, 0.3) is 5.91 Å². The monoisotopic (exact) mass is 320 g/mol. The van der Waals surface area contributed by atoms with E-state index in [0.29, 0.717) is 17.1 Å². The molecule has 0 aliphatic carbocycles. The lowest BCUT2D eigenvalue weighted by Gasteiger charge is -2.06. The average molecular weight is 320 g/mol. The summed E-state index contributed by atoms with van der Waals surface area (Å²) >= 11 is 0. The van der Waals surface area contributed by atoms with E-state index >= 15 is 0 Å². The molecule has 1 aromatic carbocycles. The zero-order valence-corrected chi connectivity index (χ0v) is 13.6. The fourth-order valence-electron chi connectivity index (χ4n) is 2.52. The molecule has 0 saturated carbocycles. The van der Waals surface area contributed by atoms with Crippen LogP contribution >= 0.6 is 0 Å². The molecule has 0 atom stereocenters. The molecule has 2 aromatic heterocycles. The second kappa shape index (κ2) is 6.01. The maximum Gasteiger partial charge on any atom is 0.256 e. The van der Waals surface area contributed by atoms with Crippen molar-refractivity contribution in [3.05, 3.63) is 53.5 Å². The van der Waals surface area contributed by atoms with E-state index in [0.717, 1.165) is 16.8 Å². The molecule has 120 valence electrons. The summed E-state index contributed by atoms with van der Waals surface area (Å²) in [5.74, 6) is 0.141. The number of aromatic nitrogens is 4. The van der Waals surface area contributed by atoms with Gasteiger partial charge in [0.2, 0.25) is 0 Å². The first-order chi connectivity index (χ1) is 11.5. The number of aryl methyl sites for hydroxylation is 1. The predicted molar refractivity (Wildman–Crippen MR) is 89.3 cm³/mol. The maximum atomic E-state index is 12.4. The van der Waals surface area contributed by atoms with Gasteiger partial charge >= 0.3 is 0 Å². The summed E-state index contributed by atoms with van der Waals surface area (Å²) in [5.41, 5.74) is 3.88. The third-order valence-electron chi connectivity index (χ3n) is 3.93. The van der Waals surface area contributed by atoms with E-state index < -0.39 is 0 Å². The summed E-state index contributed by atoms with van der Waals surface area (Å²) in [5, 5.41) is 19.5. The van der Waals surface area contributed by atoms with Gasteiger partial charge < -0.3 is 9.88 Å². The van der Waals surface area contributed by atoms with Crippen molar-refractivity contribution in [3.8, 4) is 17.2 Å². The molecule has 3 aromatic rings. The van der Waals surface area contributed by atoms with Gasteiger partial charge in [0.05, 0.1) is 6.20 Å². The first-order valence-electron chi connectivity index (χ1n) is 7.34. The van der Waals surface area contributed by atoms with Crippen LogP contribution in [-0.2, 0) is 14.1 Å². The molecule has 1 amide bonds. The minimum atomic E-state index is -0.258. The molecule has 0 fully saturated rings. The van der Waals surface area contributed by atoms with Crippen LogP contribution in [0.25, 0.3) is 11.1 Å². The standard InChI is InChI=1S/C17H16N6O/c1-11-15(8-14(9-18)23(11)3)12-5-4-6-13(7-12)17(24)19-16-10-22(2)21-20-16/h4-8,10H,1-3H3,(H,19,24). The number of amides is 1. The SMILES string of the molecule is Cc1c(-c2cccc(C(=O)Nc3cn(C)nn3)c2)cc(C#N)n1C. The van der Waals surface area contributed by atoms with Crippen molar-refractivity contribution >= 4 is 11.7 Å². The molecule has 0 aliphatic heterocycles. The van der Waals surface area contributed by atoms with E-state index in [9.17, 15) is 4.79 Å². The second-order valence-electron chi connectivity index (χ2n) is 5.51. The molecule has 2 heterocycles. The molecule has 0 spiro atoms. The van der Waals surface area contributed by atoms with E-state index in [-0.39, 0.29) is 5.91 Å². The van der Waals surface area contributed by atoms with Crippen molar-refractivity contribution in [1.29, 1.82) is 5.26 Å². The van der Waals surface area contributed by atoms with E-state index in [1.54, 1.807) is 25.4 Å². The number of hydrogen-bond acceptors (Lipinski definition) is 4. The second-order valence-corrected chi connectivity index (χ2v) is 5.51. The number of anilines is 1. The van der Waals surface area contributed by atoms with E-state index in [4.69, 9.17) is 5.26 Å². The van der Waals surface area contributed by atoms with Gasteiger partial charge in [-0.25, -0.2) is 0 Å². The Labute approximate surface area is 139 Å². The quantitative estimate of drug-likeness (QED) is 0.801. The number of nitrogens with one attached hydrogen (secondary N) is 1. The lowest BCUT2D eigenvalue weighted by atomic mass is 10.0. The summed E-state index contributed by atoms with van der Waals surface area (Å²) < 4.78 is 3.35. The largest absolute Gasteiger partial charge is 0.339 e. The van der Waals surface area contributed by atoms with E-state index in [2.05, 4.69) is 21.7 Å². The van der Waals surface area contributed by atoms with Crippen LogP contribution in [0.2, 0.25) is 0 Å². The number of nitriles is 1. The van der Waals surface area contributed by atoms with Crippen molar-refractivity contribution in [2.75, 3.05) is 5.32 Å². The fraction of sp³-hybridized carbons (Fsp3) is 0.176. The van der Waals surface area contributed by atoms with Gasteiger partial charge in [-0.3, -0.25) is 9.48 Å². The third-order valence-corrected chi connectivity index (χ3v) is 3.93. The van der Waals surface area contributed by atoms with Crippen LogP contribution in [0.1, 0.15) is 21.7 Å². The lowest BCUT2D eigenvalue weighted by Crippen LogP contribution is -2.12. The Hall–Kier alpha value is -3.40. The maximum absolute atomic E-state index is 12.4. The highest BCUT2D eigenvalue weighted by Gasteiger charge is 2.13. The van der Waals surface area contributed by atoms with Gasteiger partial charge in [0.15, 0.2) is 5.82 Å². The molecule has 0 aliphatic rings. The highest BCUT2D eigenvalue weighted by molar-refractivity contribution is 6.04. The molecular weight excluding hydrogens is 304 g/mol. The molecule has 3 rings (SSSR count). The van der Waals surface area contributed by atoms with Gasteiger partial charge in [-0.2, -0.15) is 5.26 Å². The van der Waals surface area contributed by atoms with Crippen LogP contribution in [-0.4, -0.2) is 25.5 Å². The molecule has 0 saturated heterocycles. The number of benzene rings is 1. The first-order valence-corrected chi connectivity index (χ1v) is 7.34. The fourth-order valence-corrected chi connectivity index (χ4v) is 2.52. The smallest absolute Gasteiger partial charge is 0.256 e. The Bertz CT molecular complexity index is 960. The predicted octanol–water partition coefficient (Wildman–Crippen LogP) is 2.25. The van der Waals surface area contributed by atoms with Crippen LogP contribution in [0.15, 0.2) is 36.5 Å². The van der Waals surface area contributed by atoms with Gasteiger partial charge in [-0.15, -0.1) is 5.10 Å². The molecule has 0 unspecified atom stereocenters. The van der Waals surface area contributed by atoms with E-state index in [1.807, 2.05) is 36.7 Å². The Balaban J connectivity index is 1.92. The summed E-state index contributed by atoms with van der Waals surface area (Å²) in [6.45, 7) is 1.95. The summed E-state index contributed by atoms with van der Waals surface area (Å²) in [4.78, 5) is 12.4. The Morgan fingerprint density at radius 2 is 2.08 bits per heavy atom. The molecule has 0 radical (unpaired) electrons. The number of carbonyl (C=O) groups excluding carboxylic acids is 1. The normalized spacial score (nSPS) is 10.4. The molecule has 1 N–H and O–H groups in total. The zero-order valence-electron chi connectivity index (χ0n) is 13.6. The van der Waals surface area contributed by atoms with Crippen molar-refractivity contribution in [3.63, 3.8) is 0 Å². The first kappa shape index (κ1) is 15.5. The van der Waals surface area contributed by atoms with Crippen molar-refractivity contribution in [1.82, 2.24) is 19.6 Å². The Morgan fingerprint density at radius 3 is 2.71 bits per heavy atom. The minimum absolute atomic E-state index is 0.258. The van der Waals surface area contributed by atoms with Crippen molar-refractivity contribution < 1.29 is 4.79 Å². The molecule has 7 nitrogen and oxygen atoms in total. The van der Waals surface area contributed by atoms with Crippen LogP contribution in [0.3, 0.4) is 0 Å². The summed E-state index contributed by atoms with van der Waals surface area (Å²) in [7, 11) is 3.58. The van der Waals surface area contributed by atoms with Gasteiger partial charge in [0.1, 0.15) is 11.8 Å². The van der Waals surface area contributed by atoms with Crippen molar-refractivity contribution in [2.24, 2.45) is 14.1 Å². The van der Waals surface area contributed by atoms with E-state index in [1.165, 1.54) is 4.68 Å². The lowest BCUT2D eigenvalue weighted by molar-refractivity contribution is 0.102. The molecule has 0 bridgehead atoms. The van der Waals surface area contributed by atoms with Crippen LogP contribution in [0.5, 0.6) is 0 Å². The minimum Gasteiger partial charge on any atom is -0.339 e. The van der Waals surface area contributed by atoms with Crippen molar-refractivity contribution in [2.45, 2.75) is 6.92 Å². The third kappa shape index (κ3) is 2.77. The Kier molecular flexibility index (Phi) is 3.88. The molecular formula is C17H16N6O. The number of carbonyl (C=O) groups is 1. The zero-order chi connectivity index (χ0) is 17.3. The number of hydrogen-bond donors (Lipinski definition) is 1. The molecule has 24 heavy (non-hydrogen) atoms. The summed E-state index contributed by atoms with van der Waals surface area (Å²) in [6, 6.07) is 11.3. The average Bonchev–Trinajstić information content (AvgIpc) is 3.11. The number of rotatable bonds is 3. The number of nitrogens with zero attached hydrogens (tertiary/aromatic N) is 5. The van der Waals surface area contributed by atoms with Crippen LogP contribution < -0.4 is 5.32 Å². The van der Waals surface area contributed by atoms with Crippen LogP contribution in [0.4, 0.5) is 5.82 Å². The summed E-state index contributed by atoms with van der Waals surface area (Å²) in [6.07, 6.45) is 1.63. The molecule has 7 heteroatoms. The highest BCUT2D eigenvalue weighted by Crippen LogP contribution is 2.27. The van der Waals surface area contributed by atoms with Gasteiger partial charge in [0, 0.05) is 30.9 Å².